The fraction of sp³-hybridized carbons (Fsp3) is 0.185. The molecule has 0 aromatic heterocycles. The smallest absolute Gasteiger partial charge is 0.343 e. The number of benzene rings is 3. The molecule has 0 atom stereocenters. The second-order valence-electron chi connectivity index (χ2n) is 7.00. The molecule has 7 nitrogen and oxygen atoms in total. The van der Waals surface area contributed by atoms with E-state index < -0.39 is 18.5 Å². The SMILES string of the molecule is COC(=O)c1cc(C#CCO)c(C(=O)OC)c(OCc2ccccc2)c1OCc1ccccc1. The van der Waals surface area contributed by atoms with E-state index in [1.165, 1.54) is 20.3 Å². The van der Waals surface area contributed by atoms with Crippen LogP contribution in [0.4, 0.5) is 0 Å². The van der Waals surface area contributed by atoms with Crippen LogP contribution >= 0.6 is 0 Å². The molecular formula is C27H24O7. The summed E-state index contributed by atoms with van der Waals surface area (Å²) in [7, 11) is 2.46. The summed E-state index contributed by atoms with van der Waals surface area (Å²) in [4.78, 5) is 25.5. The van der Waals surface area contributed by atoms with E-state index in [-0.39, 0.29) is 41.4 Å². The third kappa shape index (κ3) is 5.94. The maximum Gasteiger partial charge on any atom is 0.343 e. The van der Waals surface area contributed by atoms with Crippen LogP contribution in [0.5, 0.6) is 11.5 Å². The summed E-state index contributed by atoms with van der Waals surface area (Å²) in [5.74, 6) is 3.79. The third-order valence-corrected chi connectivity index (χ3v) is 4.78. The maximum atomic E-state index is 12.8. The Labute approximate surface area is 197 Å². The van der Waals surface area contributed by atoms with E-state index >= 15 is 0 Å². The lowest BCUT2D eigenvalue weighted by Gasteiger charge is -2.20. The largest absolute Gasteiger partial charge is 0.484 e. The van der Waals surface area contributed by atoms with Crippen LogP contribution in [0.1, 0.15) is 37.4 Å². The molecule has 0 spiro atoms. The molecule has 0 fully saturated rings. The van der Waals surface area contributed by atoms with Crippen LogP contribution in [0, 0.1) is 11.8 Å². The summed E-state index contributed by atoms with van der Waals surface area (Å²) in [6.45, 7) is -0.251. The van der Waals surface area contributed by atoms with Gasteiger partial charge in [-0.25, -0.2) is 9.59 Å². The molecule has 0 aliphatic heterocycles. The predicted molar refractivity (Wildman–Crippen MR) is 125 cm³/mol. The van der Waals surface area contributed by atoms with Crippen molar-refractivity contribution < 1.29 is 33.6 Å². The average molecular weight is 460 g/mol. The fourth-order valence-corrected chi connectivity index (χ4v) is 3.18. The Hall–Kier alpha value is -4.28. The van der Waals surface area contributed by atoms with E-state index in [1.807, 2.05) is 60.7 Å². The first kappa shape index (κ1) is 24.4. The van der Waals surface area contributed by atoms with Crippen molar-refractivity contribution in [3.05, 3.63) is 94.5 Å². The zero-order valence-electron chi connectivity index (χ0n) is 18.9. The molecule has 0 saturated carbocycles. The van der Waals surface area contributed by atoms with Crippen molar-refractivity contribution in [3.63, 3.8) is 0 Å². The number of aliphatic hydroxyl groups is 1. The van der Waals surface area contributed by atoms with Crippen LogP contribution in [0.3, 0.4) is 0 Å². The van der Waals surface area contributed by atoms with Gasteiger partial charge in [0.2, 0.25) is 0 Å². The van der Waals surface area contributed by atoms with Crippen LogP contribution in [-0.2, 0) is 22.7 Å². The highest BCUT2D eigenvalue weighted by Crippen LogP contribution is 2.39. The van der Waals surface area contributed by atoms with Gasteiger partial charge in [0.25, 0.3) is 0 Å². The quantitative estimate of drug-likeness (QED) is 0.404. The molecule has 3 rings (SSSR count). The highest BCUT2D eigenvalue weighted by molar-refractivity contribution is 6.01. The molecule has 3 aromatic rings. The van der Waals surface area contributed by atoms with Gasteiger partial charge < -0.3 is 24.1 Å². The second kappa shape index (κ2) is 12.1. The van der Waals surface area contributed by atoms with E-state index in [9.17, 15) is 14.7 Å². The zero-order chi connectivity index (χ0) is 24.3. The highest BCUT2D eigenvalue weighted by atomic mass is 16.5. The Bertz CT molecular complexity index is 1190. The molecule has 1 N–H and O–H groups in total. The topological polar surface area (TPSA) is 91.3 Å². The summed E-state index contributed by atoms with van der Waals surface area (Å²) in [5.41, 5.74) is 1.82. The Kier molecular flexibility index (Phi) is 8.67. The Morgan fingerprint density at radius 3 is 1.82 bits per heavy atom. The van der Waals surface area contributed by atoms with Gasteiger partial charge in [-0.3, -0.25) is 0 Å². The molecule has 0 heterocycles. The van der Waals surface area contributed by atoms with E-state index in [0.717, 1.165) is 11.1 Å². The van der Waals surface area contributed by atoms with Crippen LogP contribution < -0.4 is 9.47 Å². The van der Waals surface area contributed by atoms with Crippen LogP contribution in [0.2, 0.25) is 0 Å². The van der Waals surface area contributed by atoms with Crippen LogP contribution in [0.15, 0.2) is 66.7 Å². The first-order valence-corrected chi connectivity index (χ1v) is 10.4. The molecule has 0 unspecified atom stereocenters. The van der Waals surface area contributed by atoms with E-state index in [0.29, 0.717) is 0 Å². The van der Waals surface area contributed by atoms with Crippen molar-refractivity contribution in [1.82, 2.24) is 0 Å². The van der Waals surface area contributed by atoms with Gasteiger partial charge >= 0.3 is 11.9 Å². The average Bonchev–Trinajstić information content (AvgIpc) is 2.89. The number of aliphatic hydroxyl groups excluding tert-OH is 1. The van der Waals surface area contributed by atoms with Gasteiger partial charge in [0.05, 0.1) is 14.2 Å². The van der Waals surface area contributed by atoms with Crippen molar-refractivity contribution in [2.24, 2.45) is 0 Å². The second-order valence-corrected chi connectivity index (χ2v) is 7.00. The first-order chi connectivity index (χ1) is 16.6. The van der Waals surface area contributed by atoms with Gasteiger partial charge in [0.15, 0.2) is 11.5 Å². The minimum atomic E-state index is -0.730. The van der Waals surface area contributed by atoms with Crippen LogP contribution in [-0.4, -0.2) is 37.9 Å². The van der Waals surface area contributed by atoms with Gasteiger partial charge in [-0.2, -0.15) is 0 Å². The molecule has 0 aliphatic carbocycles. The highest BCUT2D eigenvalue weighted by Gasteiger charge is 2.29. The normalized spacial score (nSPS) is 9.97. The minimum absolute atomic E-state index is 0.00299. The predicted octanol–water partition coefficient (Wildman–Crippen LogP) is 3.76. The van der Waals surface area contributed by atoms with Gasteiger partial charge in [-0.05, 0) is 17.2 Å². The molecular weight excluding hydrogens is 436 g/mol. The monoisotopic (exact) mass is 460 g/mol. The number of rotatable bonds is 8. The summed E-state index contributed by atoms with van der Waals surface area (Å²) >= 11 is 0. The summed E-state index contributed by atoms with van der Waals surface area (Å²) in [6, 6.07) is 20.0. The number of hydrogen-bond donors (Lipinski definition) is 1. The Balaban J connectivity index is 2.19. The number of ether oxygens (including phenoxy) is 4. The lowest BCUT2D eigenvalue weighted by atomic mass is 10.0. The lowest BCUT2D eigenvalue weighted by Crippen LogP contribution is -2.15. The van der Waals surface area contributed by atoms with Gasteiger partial charge in [0.1, 0.15) is 30.9 Å². The third-order valence-electron chi connectivity index (χ3n) is 4.78. The Morgan fingerprint density at radius 1 is 0.794 bits per heavy atom. The minimum Gasteiger partial charge on any atom is -0.484 e. The summed E-state index contributed by atoms with van der Waals surface area (Å²) < 4.78 is 22.0. The van der Waals surface area contributed by atoms with Gasteiger partial charge in [-0.1, -0.05) is 72.5 Å². The summed E-state index contributed by atoms with van der Waals surface area (Å²) in [5, 5.41) is 9.19. The lowest BCUT2D eigenvalue weighted by molar-refractivity contribution is 0.0575. The number of carbonyl (C=O) groups excluding carboxylic acids is 2. The zero-order valence-corrected chi connectivity index (χ0v) is 18.9. The molecule has 0 bridgehead atoms. The fourth-order valence-electron chi connectivity index (χ4n) is 3.18. The molecule has 0 amide bonds. The number of carbonyl (C=O) groups is 2. The summed E-state index contributed by atoms with van der Waals surface area (Å²) in [6.07, 6.45) is 0. The Morgan fingerprint density at radius 2 is 1.32 bits per heavy atom. The molecule has 34 heavy (non-hydrogen) atoms. The number of hydrogen-bond acceptors (Lipinski definition) is 7. The molecule has 0 radical (unpaired) electrons. The van der Waals surface area contributed by atoms with Crippen molar-refractivity contribution in [3.8, 4) is 23.3 Å². The van der Waals surface area contributed by atoms with Gasteiger partial charge in [-0.15, -0.1) is 0 Å². The van der Waals surface area contributed by atoms with Gasteiger partial charge in [0, 0.05) is 5.56 Å². The standard InChI is InChI=1S/C27H24O7/c1-31-26(29)22-16-21(14-9-15-28)23(27(30)32-2)25(34-18-20-12-7-4-8-13-20)24(22)33-17-19-10-5-3-6-11-19/h3-8,10-13,16,28H,15,17-18H2,1-2H3. The first-order valence-electron chi connectivity index (χ1n) is 10.4. The molecule has 3 aromatic carbocycles. The van der Waals surface area contributed by atoms with Crippen molar-refractivity contribution >= 4 is 11.9 Å². The maximum absolute atomic E-state index is 12.8. The van der Waals surface area contributed by atoms with Crippen molar-refractivity contribution in [1.29, 1.82) is 0 Å². The van der Waals surface area contributed by atoms with Crippen molar-refractivity contribution in [2.45, 2.75) is 13.2 Å². The number of methoxy groups -OCH3 is 2. The van der Waals surface area contributed by atoms with E-state index in [1.54, 1.807) is 0 Å². The molecule has 174 valence electrons. The molecule has 7 heteroatoms. The van der Waals surface area contributed by atoms with E-state index in [4.69, 9.17) is 18.9 Å². The van der Waals surface area contributed by atoms with Crippen molar-refractivity contribution in [2.75, 3.05) is 20.8 Å². The number of esters is 2. The van der Waals surface area contributed by atoms with E-state index in [2.05, 4.69) is 11.8 Å². The van der Waals surface area contributed by atoms with Crippen LogP contribution in [0.25, 0.3) is 0 Å². The molecule has 0 aliphatic rings. The molecule has 0 saturated heterocycles.